The van der Waals surface area contributed by atoms with Gasteiger partial charge in [-0.15, -0.1) is 0 Å². The smallest absolute Gasteiger partial charge is 0.328 e. The quantitative estimate of drug-likeness (QED) is 0.495. The van der Waals surface area contributed by atoms with Crippen LogP contribution in [0.5, 0.6) is 5.75 Å². The first-order valence-corrected chi connectivity index (χ1v) is 11.0. The van der Waals surface area contributed by atoms with Gasteiger partial charge in [0.1, 0.15) is 5.75 Å². The Balaban J connectivity index is 1.81. The molecule has 3 aromatic carbocycles. The van der Waals surface area contributed by atoms with Crippen molar-refractivity contribution < 1.29 is 15.0 Å². The molecule has 2 N–H and O–H groups in total. The standard InChI is InChI=1S/C28H29NO3/c1-19(2)21-7-11-24(12-8-21)29-17-16-22-18-25(30)13-14-26(22)28(29,3)23-9-4-20(5-10-23)6-15-27(31)32/h4-15,18-19,30H,16-17H2,1-3H3,(H,31,32)/b15-6+/t28-/m1/s1. The van der Waals surface area contributed by atoms with Crippen LogP contribution in [0.2, 0.25) is 0 Å². The van der Waals surface area contributed by atoms with E-state index in [0.717, 1.165) is 41.4 Å². The van der Waals surface area contributed by atoms with Gasteiger partial charge in [-0.2, -0.15) is 0 Å². The molecule has 1 aliphatic heterocycles. The molecule has 0 amide bonds. The fraction of sp³-hybridized carbons (Fsp3) is 0.250. The van der Waals surface area contributed by atoms with Crippen LogP contribution < -0.4 is 4.90 Å². The molecule has 0 saturated carbocycles. The molecular formula is C28H29NO3. The summed E-state index contributed by atoms with van der Waals surface area (Å²) in [5, 5.41) is 19.0. The highest BCUT2D eigenvalue weighted by molar-refractivity contribution is 5.85. The van der Waals surface area contributed by atoms with E-state index in [1.165, 1.54) is 11.1 Å². The summed E-state index contributed by atoms with van der Waals surface area (Å²) in [5.41, 5.74) is 6.31. The Morgan fingerprint density at radius 3 is 2.34 bits per heavy atom. The van der Waals surface area contributed by atoms with Crippen LogP contribution in [-0.2, 0) is 16.8 Å². The zero-order valence-electron chi connectivity index (χ0n) is 18.7. The summed E-state index contributed by atoms with van der Waals surface area (Å²) in [7, 11) is 0. The van der Waals surface area contributed by atoms with E-state index in [1.807, 2.05) is 24.3 Å². The SMILES string of the molecule is CC(C)c1ccc(N2CCc3cc(O)ccc3[C@@]2(C)c2ccc(/C=C/C(=O)O)cc2)cc1. The molecule has 32 heavy (non-hydrogen) atoms. The number of benzene rings is 3. The van der Waals surface area contributed by atoms with E-state index in [1.54, 1.807) is 12.1 Å². The van der Waals surface area contributed by atoms with Gasteiger partial charge in [-0.3, -0.25) is 0 Å². The Morgan fingerprint density at radius 1 is 1.03 bits per heavy atom. The Labute approximate surface area is 189 Å². The predicted octanol–water partition coefficient (Wildman–Crippen LogP) is 5.94. The van der Waals surface area contributed by atoms with E-state index in [4.69, 9.17) is 5.11 Å². The van der Waals surface area contributed by atoms with Crippen molar-refractivity contribution in [1.82, 2.24) is 0 Å². The molecule has 3 aromatic rings. The molecule has 1 heterocycles. The average molecular weight is 428 g/mol. The maximum atomic E-state index is 10.9. The van der Waals surface area contributed by atoms with Crippen LogP contribution in [0.25, 0.3) is 6.08 Å². The number of phenols is 1. The van der Waals surface area contributed by atoms with Crippen molar-refractivity contribution in [3.8, 4) is 5.75 Å². The normalized spacial score (nSPS) is 18.2. The molecule has 1 aliphatic rings. The minimum Gasteiger partial charge on any atom is -0.508 e. The number of anilines is 1. The number of carboxylic acid groups (broad SMARTS) is 1. The molecule has 0 aromatic heterocycles. The molecule has 0 unspecified atom stereocenters. The molecule has 4 rings (SSSR count). The summed E-state index contributed by atoms with van der Waals surface area (Å²) in [4.78, 5) is 13.3. The predicted molar refractivity (Wildman–Crippen MR) is 129 cm³/mol. The fourth-order valence-electron chi connectivity index (χ4n) is 4.69. The van der Waals surface area contributed by atoms with Crippen molar-refractivity contribution in [3.05, 3.63) is 101 Å². The summed E-state index contributed by atoms with van der Waals surface area (Å²) in [6, 6.07) is 22.5. The Hall–Kier alpha value is -3.53. The minimum absolute atomic E-state index is 0.287. The number of hydrogen-bond acceptors (Lipinski definition) is 3. The fourth-order valence-corrected chi connectivity index (χ4v) is 4.69. The molecule has 0 saturated heterocycles. The monoisotopic (exact) mass is 427 g/mol. The number of nitrogens with zero attached hydrogens (tertiary/aromatic N) is 1. The lowest BCUT2D eigenvalue weighted by Crippen LogP contribution is -2.49. The number of rotatable bonds is 5. The van der Waals surface area contributed by atoms with Crippen molar-refractivity contribution in [2.24, 2.45) is 0 Å². The maximum absolute atomic E-state index is 10.9. The van der Waals surface area contributed by atoms with E-state index >= 15 is 0 Å². The van der Waals surface area contributed by atoms with Gasteiger partial charge in [0.25, 0.3) is 0 Å². The van der Waals surface area contributed by atoms with Crippen molar-refractivity contribution >= 4 is 17.7 Å². The number of carboxylic acids is 1. The summed E-state index contributed by atoms with van der Waals surface area (Å²) in [5.74, 6) is -0.194. The maximum Gasteiger partial charge on any atom is 0.328 e. The molecule has 0 bridgehead atoms. The first-order chi connectivity index (χ1) is 15.3. The Bertz CT molecular complexity index is 1150. The zero-order chi connectivity index (χ0) is 22.9. The van der Waals surface area contributed by atoms with Crippen LogP contribution in [0.15, 0.2) is 72.8 Å². The third-order valence-electron chi connectivity index (χ3n) is 6.52. The Morgan fingerprint density at radius 2 is 1.72 bits per heavy atom. The second-order valence-corrected chi connectivity index (χ2v) is 8.86. The highest BCUT2D eigenvalue weighted by atomic mass is 16.4. The van der Waals surface area contributed by atoms with E-state index in [2.05, 4.69) is 62.1 Å². The van der Waals surface area contributed by atoms with Gasteiger partial charge in [0.2, 0.25) is 0 Å². The van der Waals surface area contributed by atoms with Crippen molar-refractivity contribution in [1.29, 1.82) is 0 Å². The van der Waals surface area contributed by atoms with Gasteiger partial charge in [0.05, 0.1) is 5.54 Å². The number of carbonyl (C=O) groups is 1. The molecule has 164 valence electrons. The summed E-state index contributed by atoms with van der Waals surface area (Å²) in [6.07, 6.45) is 3.60. The van der Waals surface area contributed by atoms with Crippen LogP contribution in [0.1, 0.15) is 54.5 Å². The van der Waals surface area contributed by atoms with Gasteiger partial charge in [-0.05, 0) is 77.4 Å². The number of phenolic OH excluding ortho intramolecular Hbond substituents is 1. The van der Waals surface area contributed by atoms with Crippen molar-refractivity contribution in [2.45, 2.75) is 38.6 Å². The minimum atomic E-state index is -0.960. The summed E-state index contributed by atoms with van der Waals surface area (Å²) >= 11 is 0. The number of fused-ring (bicyclic) bond motifs is 1. The molecule has 1 atom stereocenters. The van der Waals surface area contributed by atoms with E-state index in [-0.39, 0.29) is 5.75 Å². The number of aromatic hydroxyl groups is 1. The topological polar surface area (TPSA) is 60.8 Å². The second-order valence-electron chi connectivity index (χ2n) is 8.86. The summed E-state index contributed by atoms with van der Waals surface area (Å²) < 4.78 is 0. The molecule has 0 spiro atoms. The lowest BCUT2D eigenvalue weighted by atomic mass is 9.76. The average Bonchev–Trinajstić information content (AvgIpc) is 2.78. The molecule has 0 radical (unpaired) electrons. The van der Waals surface area contributed by atoms with Gasteiger partial charge < -0.3 is 15.1 Å². The van der Waals surface area contributed by atoms with Crippen LogP contribution >= 0.6 is 0 Å². The van der Waals surface area contributed by atoms with Crippen molar-refractivity contribution in [2.75, 3.05) is 11.4 Å². The lowest BCUT2D eigenvalue weighted by molar-refractivity contribution is -0.131. The van der Waals surface area contributed by atoms with Gasteiger partial charge in [0, 0.05) is 18.3 Å². The second kappa shape index (κ2) is 8.54. The molecule has 0 fully saturated rings. The summed E-state index contributed by atoms with van der Waals surface area (Å²) in [6.45, 7) is 7.45. The van der Waals surface area contributed by atoms with Crippen LogP contribution in [0, 0.1) is 0 Å². The van der Waals surface area contributed by atoms with E-state index < -0.39 is 11.5 Å². The first-order valence-electron chi connectivity index (χ1n) is 11.0. The molecule has 4 nitrogen and oxygen atoms in total. The third kappa shape index (κ3) is 4.01. The zero-order valence-corrected chi connectivity index (χ0v) is 18.7. The van der Waals surface area contributed by atoms with Crippen LogP contribution in [0.3, 0.4) is 0 Å². The first kappa shape index (κ1) is 21.7. The van der Waals surface area contributed by atoms with E-state index in [9.17, 15) is 9.90 Å². The molecule has 0 aliphatic carbocycles. The van der Waals surface area contributed by atoms with E-state index in [0.29, 0.717) is 5.92 Å². The highest BCUT2D eigenvalue weighted by Gasteiger charge is 2.40. The molecule has 4 heteroatoms. The largest absolute Gasteiger partial charge is 0.508 e. The van der Waals surface area contributed by atoms with Gasteiger partial charge in [-0.25, -0.2) is 4.79 Å². The Kier molecular flexibility index (Phi) is 5.79. The molecular weight excluding hydrogens is 398 g/mol. The lowest BCUT2D eigenvalue weighted by Gasteiger charge is -2.48. The van der Waals surface area contributed by atoms with Gasteiger partial charge >= 0.3 is 5.97 Å². The van der Waals surface area contributed by atoms with Crippen LogP contribution in [-0.4, -0.2) is 22.7 Å². The highest BCUT2D eigenvalue weighted by Crippen LogP contribution is 2.44. The van der Waals surface area contributed by atoms with Crippen molar-refractivity contribution in [3.63, 3.8) is 0 Å². The number of aliphatic carboxylic acids is 1. The third-order valence-corrected chi connectivity index (χ3v) is 6.52. The number of hydrogen-bond donors (Lipinski definition) is 2. The van der Waals surface area contributed by atoms with Gasteiger partial charge in [0.15, 0.2) is 0 Å². The van der Waals surface area contributed by atoms with Gasteiger partial charge in [-0.1, -0.05) is 56.3 Å². The van der Waals surface area contributed by atoms with Crippen LogP contribution in [0.4, 0.5) is 5.69 Å².